The summed E-state index contributed by atoms with van der Waals surface area (Å²) in [6, 6.07) is 0. The quantitative estimate of drug-likeness (QED) is 0.796. The van der Waals surface area contributed by atoms with E-state index in [1.165, 1.54) is 7.05 Å². The van der Waals surface area contributed by atoms with Crippen molar-refractivity contribution in [2.24, 2.45) is 7.05 Å². The monoisotopic (exact) mass is 254 g/mol. The van der Waals surface area contributed by atoms with E-state index in [2.05, 4.69) is 25.8 Å². The Kier molecular flexibility index (Phi) is 2.97. The maximum absolute atomic E-state index is 11.8. The molecule has 0 aliphatic rings. The molecule has 0 spiro atoms. The van der Waals surface area contributed by atoms with Crippen molar-refractivity contribution in [1.82, 2.24) is 9.78 Å². The molecule has 72 valence electrons. The summed E-state index contributed by atoms with van der Waals surface area (Å²) in [6.07, 6.45) is 1.04. The zero-order chi connectivity index (χ0) is 10.0. The van der Waals surface area contributed by atoms with E-state index in [1.807, 2.05) is 0 Å². The summed E-state index contributed by atoms with van der Waals surface area (Å²) in [5.74, 6) is -0.266. The Bertz CT molecular complexity index is 366. The van der Waals surface area contributed by atoms with Gasteiger partial charge in [0.1, 0.15) is 4.47 Å². The Hall–Kier alpha value is -0.980. The highest BCUT2D eigenvalue weighted by Crippen LogP contribution is 2.20. The van der Waals surface area contributed by atoms with Crippen molar-refractivity contribution in [2.45, 2.75) is 6.61 Å². The molecule has 0 aromatic carbocycles. The van der Waals surface area contributed by atoms with Gasteiger partial charge in [-0.3, -0.25) is 4.79 Å². The van der Waals surface area contributed by atoms with E-state index in [1.54, 1.807) is 0 Å². The number of halogens is 3. The van der Waals surface area contributed by atoms with Gasteiger partial charge in [0, 0.05) is 7.05 Å². The van der Waals surface area contributed by atoms with Crippen molar-refractivity contribution >= 4 is 15.9 Å². The minimum absolute atomic E-state index is 0.0645. The largest absolute Gasteiger partial charge is 0.432 e. The molecular weight excluding hydrogens is 250 g/mol. The van der Waals surface area contributed by atoms with E-state index in [0.29, 0.717) is 0 Å². The van der Waals surface area contributed by atoms with Crippen LogP contribution in [0.1, 0.15) is 0 Å². The lowest BCUT2D eigenvalue weighted by Gasteiger charge is -2.05. The Morgan fingerprint density at radius 3 is 2.85 bits per heavy atom. The average Bonchev–Trinajstić information content (AvgIpc) is 2.06. The number of aromatic nitrogens is 2. The topological polar surface area (TPSA) is 44.1 Å². The fourth-order valence-electron chi connectivity index (χ4n) is 0.674. The maximum Gasteiger partial charge on any atom is 0.387 e. The predicted molar refractivity (Wildman–Crippen MR) is 43.8 cm³/mol. The molecule has 0 aliphatic heterocycles. The van der Waals surface area contributed by atoms with Crippen molar-refractivity contribution in [2.75, 3.05) is 0 Å². The van der Waals surface area contributed by atoms with Gasteiger partial charge in [-0.15, -0.1) is 0 Å². The molecule has 13 heavy (non-hydrogen) atoms. The predicted octanol–water partition coefficient (Wildman–Crippen LogP) is 1.14. The second-order valence-corrected chi connectivity index (χ2v) is 2.92. The number of alkyl halides is 2. The van der Waals surface area contributed by atoms with Crippen LogP contribution in [0.15, 0.2) is 15.5 Å². The first-order valence-corrected chi connectivity index (χ1v) is 3.98. The van der Waals surface area contributed by atoms with Crippen LogP contribution in [0, 0.1) is 0 Å². The highest BCUT2D eigenvalue weighted by molar-refractivity contribution is 9.10. The SMILES string of the molecule is Cn1ncc(OC(F)F)c(Br)c1=O. The van der Waals surface area contributed by atoms with E-state index in [4.69, 9.17) is 0 Å². The molecule has 0 bridgehead atoms. The maximum atomic E-state index is 11.8. The zero-order valence-electron chi connectivity index (χ0n) is 6.50. The number of rotatable bonds is 2. The summed E-state index contributed by atoms with van der Waals surface area (Å²) in [4.78, 5) is 11.1. The van der Waals surface area contributed by atoms with Crippen LogP contribution in [0.3, 0.4) is 0 Å². The first-order chi connectivity index (χ1) is 6.02. The zero-order valence-corrected chi connectivity index (χ0v) is 8.09. The van der Waals surface area contributed by atoms with E-state index in [-0.39, 0.29) is 10.2 Å². The van der Waals surface area contributed by atoms with Crippen LogP contribution in [0.25, 0.3) is 0 Å². The molecule has 7 heteroatoms. The molecule has 0 saturated heterocycles. The molecule has 1 rings (SSSR count). The number of nitrogens with zero attached hydrogens (tertiary/aromatic N) is 2. The molecule has 0 atom stereocenters. The van der Waals surface area contributed by atoms with Crippen LogP contribution >= 0.6 is 15.9 Å². The minimum Gasteiger partial charge on any atom is -0.432 e. The highest BCUT2D eigenvalue weighted by atomic mass is 79.9. The van der Waals surface area contributed by atoms with E-state index >= 15 is 0 Å². The standard InChI is InChI=1S/C6H5BrF2N2O2/c1-11-5(12)4(7)3(2-10-11)13-6(8)9/h2,6H,1H3. The van der Waals surface area contributed by atoms with Crippen molar-refractivity contribution in [3.8, 4) is 5.75 Å². The molecular formula is C6H5BrF2N2O2. The lowest BCUT2D eigenvalue weighted by Crippen LogP contribution is -2.21. The van der Waals surface area contributed by atoms with Gasteiger partial charge < -0.3 is 4.74 Å². The molecule has 0 N–H and O–H groups in total. The van der Waals surface area contributed by atoms with Crippen molar-refractivity contribution in [3.05, 3.63) is 21.0 Å². The minimum atomic E-state index is -2.97. The molecule has 0 fully saturated rings. The number of hydrogen-bond donors (Lipinski definition) is 0. The van der Waals surface area contributed by atoms with Gasteiger partial charge in [-0.1, -0.05) is 0 Å². The second-order valence-electron chi connectivity index (χ2n) is 2.13. The lowest BCUT2D eigenvalue weighted by molar-refractivity contribution is -0.0508. The molecule has 0 unspecified atom stereocenters. The number of ether oxygens (including phenoxy) is 1. The summed E-state index contributed by atoms with van der Waals surface area (Å²) >= 11 is 2.83. The smallest absolute Gasteiger partial charge is 0.387 e. The van der Waals surface area contributed by atoms with E-state index < -0.39 is 12.2 Å². The van der Waals surface area contributed by atoms with Gasteiger partial charge >= 0.3 is 6.61 Å². The Labute approximate surface area is 80.3 Å². The number of hydrogen-bond acceptors (Lipinski definition) is 3. The first kappa shape index (κ1) is 10.1. The highest BCUT2D eigenvalue weighted by Gasteiger charge is 2.12. The van der Waals surface area contributed by atoms with Gasteiger partial charge in [-0.25, -0.2) is 4.68 Å². The normalized spacial score (nSPS) is 10.5. The van der Waals surface area contributed by atoms with Crippen LogP contribution < -0.4 is 10.3 Å². The van der Waals surface area contributed by atoms with Crippen LogP contribution in [-0.2, 0) is 7.05 Å². The van der Waals surface area contributed by atoms with Crippen molar-refractivity contribution < 1.29 is 13.5 Å². The van der Waals surface area contributed by atoms with Crippen LogP contribution in [0.2, 0.25) is 0 Å². The lowest BCUT2D eigenvalue weighted by atomic mass is 10.5. The van der Waals surface area contributed by atoms with Crippen LogP contribution in [0.5, 0.6) is 5.75 Å². The van der Waals surface area contributed by atoms with Gasteiger partial charge in [-0.05, 0) is 15.9 Å². The van der Waals surface area contributed by atoms with Gasteiger partial charge in [0.05, 0.1) is 6.20 Å². The Morgan fingerprint density at radius 2 is 2.31 bits per heavy atom. The summed E-state index contributed by atoms with van der Waals surface area (Å²) in [5, 5.41) is 3.51. The fourth-order valence-corrected chi connectivity index (χ4v) is 1.13. The van der Waals surface area contributed by atoms with Crippen molar-refractivity contribution in [1.29, 1.82) is 0 Å². The Morgan fingerprint density at radius 1 is 1.69 bits per heavy atom. The second kappa shape index (κ2) is 3.82. The summed E-state index contributed by atoms with van der Waals surface area (Å²) < 4.78 is 28.5. The summed E-state index contributed by atoms with van der Waals surface area (Å²) in [7, 11) is 1.40. The van der Waals surface area contributed by atoms with E-state index in [0.717, 1.165) is 10.9 Å². The van der Waals surface area contributed by atoms with E-state index in [9.17, 15) is 13.6 Å². The van der Waals surface area contributed by atoms with Gasteiger partial charge in [0.2, 0.25) is 0 Å². The van der Waals surface area contributed by atoms with Crippen molar-refractivity contribution in [3.63, 3.8) is 0 Å². The third-order valence-electron chi connectivity index (χ3n) is 1.26. The molecule has 4 nitrogen and oxygen atoms in total. The number of aryl methyl sites for hydroxylation is 1. The third-order valence-corrected chi connectivity index (χ3v) is 1.99. The molecule has 1 heterocycles. The van der Waals surface area contributed by atoms with Gasteiger partial charge in [-0.2, -0.15) is 13.9 Å². The Balaban J connectivity index is 3.11. The fraction of sp³-hybridized carbons (Fsp3) is 0.333. The molecule has 0 amide bonds. The van der Waals surface area contributed by atoms with Gasteiger partial charge in [0.25, 0.3) is 5.56 Å². The first-order valence-electron chi connectivity index (χ1n) is 3.19. The molecule has 0 aliphatic carbocycles. The van der Waals surface area contributed by atoms with Crippen LogP contribution in [-0.4, -0.2) is 16.4 Å². The van der Waals surface area contributed by atoms with Crippen LogP contribution in [0.4, 0.5) is 8.78 Å². The third kappa shape index (κ3) is 2.24. The average molecular weight is 255 g/mol. The summed E-state index contributed by atoms with van der Waals surface area (Å²) in [6.45, 7) is -2.97. The molecule has 1 aromatic heterocycles. The molecule has 0 saturated carbocycles. The molecule has 0 radical (unpaired) electrons. The summed E-state index contributed by atoms with van der Waals surface area (Å²) in [5.41, 5.74) is -0.529. The molecule has 1 aromatic rings. The van der Waals surface area contributed by atoms with Gasteiger partial charge in [0.15, 0.2) is 5.75 Å².